The zero-order valence-corrected chi connectivity index (χ0v) is 14.9. The average molecular weight is 337 g/mol. The maximum absolute atomic E-state index is 12.9. The van der Waals surface area contributed by atoms with E-state index in [0.29, 0.717) is 11.7 Å². The van der Waals surface area contributed by atoms with E-state index in [1.165, 1.54) is 16.6 Å². The molecule has 3 aromatic rings. The first-order chi connectivity index (χ1) is 12.0. The summed E-state index contributed by atoms with van der Waals surface area (Å²) >= 11 is 0. The number of hydrogen-bond donors (Lipinski definition) is 1. The van der Waals surface area contributed by atoms with E-state index in [1.807, 2.05) is 24.0 Å². The SMILES string of the molecule is Cc1cc(CC(=O)N2CCc3c([nH]c4ccccc34)[C@H]2C(C)C)on1. The molecule has 2 aromatic heterocycles. The zero-order chi connectivity index (χ0) is 17.6. The molecule has 1 amide bonds. The van der Waals surface area contributed by atoms with Crippen molar-refractivity contribution in [1.29, 1.82) is 0 Å². The van der Waals surface area contributed by atoms with Gasteiger partial charge in [0.2, 0.25) is 5.91 Å². The van der Waals surface area contributed by atoms with Crippen LogP contribution in [0, 0.1) is 12.8 Å². The maximum Gasteiger partial charge on any atom is 0.230 e. The summed E-state index contributed by atoms with van der Waals surface area (Å²) < 4.78 is 5.23. The number of amides is 1. The zero-order valence-electron chi connectivity index (χ0n) is 14.9. The van der Waals surface area contributed by atoms with E-state index < -0.39 is 0 Å². The summed E-state index contributed by atoms with van der Waals surface area (Å²) in [6.45, 7) is 6.95. The highest BCUT2D eigenvalue weighted by Gasteiger charge is 2.35. The maximum atomic E-state index is 12.9. The second-order valence-electron chi connectivity index (χ2n) is 7.20. The van der Waals surface area contributed by atoms with E-state index in [-0.39, 0.29) is 18.4 Å². The fourth-order valence-electron chi connectivity index (χ4n) is 3.99. The lowest BCUT2D eigenvalue weighted by Crippen LogP contribution is -2.43. The van der Waals surface area contributed by atoms with Gasteiger partial charge in [-0.05, 0) is 30.9 Å². The number of fused-ring (bicyclic) bond motifs is 3. The molecular formula is C20H23N3O2. The molecule has 5 nitrogen and oxygen atoms in total. The summed E-state index contributed by atoms with van der Waals surface area (Å²) in [5.74, 6) is 1.05. The molecule has 0 radical (unpaired) electrons. The fraction of sp³-hybridized carbons (Fsp3) is 0.400. The Morgan fingerprint density at radius 1 is 1.40 bits per heavy atom. The van der Waals surface area contributed by atoms with Gasteiger partial charge in [-0.15, -0.1) is 0 Å². The molecule has 1 atom stereocenters. The Morgan fingerprint density at radius 3 is 2.92 bits per heavy atom. The van der Waals surface area contributed by atoms with E-state index in [0.717, 1.165) is 24.2 Å². The Kier molecular flexibility index (Phi) is 3.86. The van der Waals surface area contributed by atoms with Crippen LogP contribution in [0.2, 0.25) is 0 Å². The van der Waals surface area contributed by atoms with Crippen molar-refractivity contribution in [3.63, 3.8) is 0 Å². The minimum Gasteiger partial charge on any atom is -0.361 e. The normalized spacial score (nSPS) is 17.3. The number of aryl methyl sites for hydroxylation is 1. The van der Waals surface area contributed by atoms with E-state index in [2.05, 4.69) is 42.2 Å². The van der Waals surface area contributed by atoms with Crippen molar-refractivity contribution in [1.82, 2.24) is 15.0 Å². The van der Waals surface area contributed by atoms with Crippen molar-refractivity contribution in [2.24, 2.45) is 5.92 Å². The summed E-state index contributed by atoms with van der Waals surface area (Å²) in [6, 6.07) is 10.3. The standard InChI is InChI=1S/C20H23N3O2/c1-12(2)20-19-16(15-6-4-5-7-17(15)21-19)8-9-23(20)18(24)11-14-10-13(3)22-25-14/h4-7,10,12,20-21H,8-9,11H2,1-3H3/t20-/m1/s1. The Bertz CT molecular complexity index is 922. The monoisotopic (exact) mass is 337 g/mol. The number of nitrogens with one attached hydrogen (secondary N) is 1. The van der Waals surface area contributed by atoms with Gasteiger partial charge in [-0.2, -0.15) is 0 Å². The van der Waals surface area contributed by atoms with Crippen molar-refractivity contribution < 1.29 is 9.32 Å². The Balaban J connectivity index is 1.68. The molecular weight excluding hydrogens is 314 g/mol. The van der Waals surface area contributed by atoms with Crippen molar-refractivity contribution in [2.75, 3.05) is 6.54 Å². The van der Waals surface area contributed by atoms with Crippen molar-refractivity contribution in [3.05, 3.63) is 53.0 Å². The molecule has 0 saturated heterocycles. The number of carbonyl (C=O) groups is 1. The Hall–Kier alpha value is -2.56. The first kappa shape index (κ1) is 15.9. The Morgan fingerprint density at radius 2 is 2.20 bits per heavy atom. The summed E-state index contributed by atoms with van der Waals surface area (Å²) in [5, 5.41) is 5.16. The molecule has 0 fully saturated rings. The number of carbonyl (C=O) groups excluding carboxylic acids is 1. The van der Waals surface area contributed by atoms with Crippen molar-refractivity contribution in [3.8, 4) is 0 Å². The number of aromatic nitrogens is 2. The average Bonchev–Trinajstić information content (AvgIpc) is 3.16. The molecule has 0 saturated carbocycles. The van der Waals surface area contributed by atoms with Crippen molar-refractivity contribution >= 4 is 16.8 Å². The molecule has 1 aromatic carbocycles. The highest BCUT2D eigenvalue weighted by Crippen LogP contribution is 2.38. The highest BCUT2D eigenvalue weighted by atomic mass is 16.5. The lowest BCUT2D eigenvalue weighted by atomic mass is 9.90. The van der Waals surface area contributed by atoms with E-state index >= 15 is 0 Å². The van der Waals surface area contributed by atoms with Crippen LogP contribution in [-0.4, -0.2) is 27.5 Å². The van der Waals surface area contributed by atoms with Crippen LogP contribution in [0.3, 0.4) is 0 Å². The summed E-state index contributed by atoms with van der Waals surface area (Å²) in [4.78, 5) is 18.5. The van der Waals surface area contributed by atoms with E-state index in [4.69, 9.17) is 4.52 Å². The number of nitrogens with zero attached hydrogens (tertiary/aromatic N) is 2. The van der Waals surface area contributed by atoms with Crippen LogP contribution in [0.15, 0.2) is 34.9 Å². The molecule has 5 heteroatoms. The summed E-state index contributed by atoms with van der Waals surface area (Å²) in [5.41, 5.74) is 4.50. The van der Waals surface area contributed by atoms with E-state index in [1.54, 1.807) is 0 Å². The minimum atomic E-state index is 0.0627. The van der Waals surface area contributed by atoms with Crippen LogP contribution in [0.1, 0.15) is 42.6 Å². The predicted molar refractivity (Wildman–Crippen MR) is 96.2 cm³/mol. The molecule has 3 heterocycles. The molecule has 1 aliphatic heterocycles. The lowest BCUT2D eigenvalue weighted by molar-refractivity contribution is -0.134. The first-order valence-corrected chi connectivity index (χ1v) is 8.85. The molecule has 130 valence electrons. The lowest BCUT2D eigenvalue weighted by Gasteiger charge is -2.38. The summed E-state index contributed by atoms with van der Waals surface area (Å²) in [7, 11) is 0. The van der Waals surface area contributed by atoms with Gasteiger partial charge in [0.05, 0.1) is 18.2 Å². The van der Waals surface area contributed by atoms with Crippen LogP contribution in [0.4, 0.5) is 0 Å². The number of hydrogen-bond acceptors (Lipinski definition) is 3. The molecule has 1 aliphatic rings. The molecule has 0 bridgehead atoms. The first-order valence-electron chi connectivity index (χ1n) is 8.85. The van der Waals surface area contributed by atoms with Crippen LogP contribution < -0.4 is 0 Å². The van der Waals surface area contributed by atoms with Crippen molar-refractivity contribution in [2.45, 2.75) is 39.7 Å². The quantitative estimate of drug-likeness (QED) is 0.791. The van der Waals surface area contributed by atoms with Crippen LogP contribution in [0.25, 0.3) is 10.9 Å². The second-order valence-corrected chi connectivity index (χ2v) is 7.20. The highest BCUT2D eigenvalue weighted by molar-refractivity contribution is 5.86. The summed E-state index contributed by atoms with van der Waals surface area (Å²) in [6.07, 6.45) is 1.14. The number of benzene rings is 1. The third-order valence-electron chi connectivity index (χ3n) is 5.03. The second kappa shape index (κ2) is 6.06. The van der Waals surface area contributed by atoms with Gasteiger partial charge in [0, 0.05) is 29.2 Å². The van der Waals surface area contributed by atoms with Gasteiger partial charge < -0.3 is 14.4 Å². The predicted octanol–water partition coefficient (Wildman–Crippen LogP) is 3.79. The smallest absolute Gasteiger partial charge is 0.230 e. The van der Waals surface area contributed by atoms with Gasteiger partial charge in [-0.3, -0.25) is 4.79 Å². The van der Waals surface area contributed by atoms with Gasteiger partial charge >= 0.3 is 0 Å². The van der Waals surface area contributed by atoms with Crippen LogP contribution >= 0.6 is 0 Å². The number of rotatable bonds is 3. The third-order valence-corrected chi connectivity index (χ3v) is 5.03. The van der Waals surface area contributed by atoms with Gasteiger partial charge in [-0.25, -0.2) is 0 Å². The minimum absolute atomic E-state index is 0.0627. The molecule has 0 unspecified atom stereocenters. The third kappa shape index (κ3) is 2.73. The van der Waals surface area contributed by atoms with Crippen LogP contribution in [-0.2, 0) is 17.6 Å². The number of aromatic amines is 1. The molecule has 4 rings (SSSR count). The molecule has 25 heavy (non-hydrogen) atoms. The van der Waals surface area contributed by atoms with E-state index in [9.17, 15) is 4.79 Å². The molecule has 0 spiro atoms. The van der Waals surface area contributed by atoms with Gasteiger partial charge in [0.15, 0.2) is 0 Å². The number of para-hydroxylation sites is 1. The topological polar surface area (TPSA) is 62.1 Å². The fourth-order valence-corrected chi connectivity index (χ4v) is 3.99. The van der Waals surface area contributed by atoms with Gasteiger partial charge in [0.25, 0.3) is 0 Å². The van der Waals surface area contributed by atoms with Gasteiger partial charge in [0.1, 0.15) is 5.76 Å². The van der Waals surface area contributed by atoms with Crippen LogP contribution in [0.5, 0.6) is 0 Å². The van der Waals surface area contributed by atoms with Gasteiger partial charge in [-0.1, -0.05) is 37.2 Å². The Labute approximate surface area is 147 Å². The number of H-pyrrole nitrogens is 1. The largest absolute Gasteiger partial charge is 0.361 e. The molecule has 0 aliphatic carbocycles. The molecule has 1 N–H and O–H groups in total.